The summed E-state index contributed by atoms with van der Waals surface area (Å²) in [6.45, 7) is 5.13. The van der Waals surface area contributed by atoms with Crippen LogP contribution in [-0.4, -0.2) is 23.6 Å². The minimum Gasteiger partial charge on any atom is -0.462 e. The topological polar surface area (TPSA) is 60.3 Å². The van der Waals surface area contributed by atoms with E-state index in [4.69, 9.17) is 4.74 Å². The fourth-order valence-corrected chi connectivity index (χ4v) is 3.19. The number of hydrogen-bond acceptors (Lipinski definition) is 3. The number of amides is 1. The molecule has 0 spiro atoms. The predicted molar refractivity (Wildman–Crippen MR) is 103 cm³/mol. The van der Waals surface area contributed by atoms with Crippen LogP contribution >= 0.6 is 0 Å². The SMILES string of the molecule is CCOC(=O)c1ccc2c(c1)cc(Cc1ccc(NC=O)cc1)n2CC. The number of fused-ring (bicyclic) bond motifs is 1. The van der Waals surface area contributed by atoms with Gasteiger partial charge in [-0.15, -0.1) is 0 Å². The number of carbonyl (C=O) groups excluding carboxylic acids is 2. The number of aromatic nitrogens is 1. The first kappa shape index (κ1) is 17.7. The average molecular weight is 350 g/mol. The Balaban J connectivity index is 1.92. The van der Waals surface area contributed by atoms with Crippen molar-refractivity contribution in [2.75, 3.05) is 11.9 Å². The molecule has 134 valence electrons. The maximum Gasteiger partial charge on any atom is 0.338 e. The van der Waals surface area contributed by atoms with Gasteiger partial charge in [0, 0.05) is 35.2 Å². The molecule has 0 aliphatic heterocycles. The van der Waals surface area contributed by atoms with Crippen molar-refractivity contribution in [1.82, 2.24) is 4.57 Å². The van der Waals surface area contributed by atoms with E-state index < -0.39 is 0 Å². The maximum absolute atomic E-state index is 12.0. The summed E-state index contributed by atoms with van der Waals surface area (Å²) >= 11 is 0. The molecule has 5 nitrogen and oxygen atoms in total. The Morgan fingerprint density at radius 1 is 1.12 bits per heavy atom. The van der Waals surface area contributed by atoms with E-state index in [-0.39, 0.29) is 5.97 Å². The second-order valence-corrected chi connectivity index (χ2v) is 6.01. The molecule has 0 bridgehead atoms. The Morgan fingerprint density at radius 3 is 2.54 bits per heavy atom. The van der Waals surface area contributed by atoms with Gasteiger partial charge in [0.25, 0.3) is 0 Å². The van der Waals surface area contributed by atoms with E-state index in [9.17, 15) is 9.59 Å². The first-order chi connectivity index (χ1) is 12.7. The summed E-state index contributed by atoms with van der Waals surface area (Å²) in [6, 6.07) is 15.6. The third kappa shape index (κ3) is 3.61. The third-order valence-corrected chi connectivity index (χ3v) is 4.38. The summed E-state index contributed by atoms with van der Waals surface area (Å²) in [4.78, 5) is 22.5. The van der Waals surface area contributed by atoms with Crippen LogP contribution in [0.25, 0.3) is 10.9 Å². The normalized spacial score (nSPS) is 10.7. The molecule has 1 aromatic heterocycles. The highest BCUT2D eigenvalue weighted by Gasteiger charge is 2.12. The molecule has 0 radical (unpaired) electrons. The first-order valence-corrected chi connectivity index (χ1v) is 8.74. The summed E-state index contributed by atoms with van der Waals surface area (Å²) in [5, 5.41) is 3.67. The van der Waals surface area contributed by atoms with Crippen molar-refractivity contribution in [3.63, 3.8) is 0 Å². The minimum absolute atomic E-state index is 0.293. The standard InChI is InChI=1S/C21H22N2O3/c1-3-23-19(11-15-5-8-18(9-6-15)22-14-24)13-17-12-16(7-10-20(17)23)21(25)26-4-2/h5-10,12-14H,3-4,11H2,1-2H3,(H,22,24). The zero-order valence-electron chi connectivity index (χ0n) is 15.0. The van der Waals surface area contributed by atoms with Crippen LogP contribution in [0.15, 0.2) is 48.5 Å². The van der Waals surface area contributed by atoms with E-state index in [1.165, 1.54) is 5.69 Å². The smallest absolute Gasteiger partial charge is 0.338 e. The van der Waals surface area contributed by atoms with Crippen molar-refractivity contribution in [2.24, 2.45) is 0 Å². The number of rotatable bonds is 7. The van der Waals surface area contributed by atoms with Crippen molar-refractivity contribution in [3.8, 4) is 0 Å². The number of benzene rings is 2. The number of carbonyl (C=O) groups is 2. The van der Waals surface area contributed by atoms with Gasteiger partial charge >= 0.3 is 5.97 Å². The van der Waals surface area contributed by atoms with E-state index in [1.54, 1.807) is 6.92 Å². The maximum atomic E-state index is 12.0. The van der Waals surface area contributed by atoms with Gasteiger partial charge in [-0.1, -0.05) is 12.1 Å². The molecule has 0 fully saturated rings. The zero-order valence-corrected chi connectivity index (χ0v) is 15.0. The molecular formula is C21H22N2O3. The second-order valence-electron chi connectivity index (χ2n) is 6.01. The number of anilines is 1. The van der Waals surface area contributed by atoms with E-state index >= 15 is 0 Å². The van der Waals surface area contributed by atoms with Crippen LogP contribution in [0, 0.1) is 0 Å². The quantitative estimate of drug-likeness (QED) is 0.518. The Labute approximate surface area is 152 Å². The van der Waals surface area contributed by atoms with E-state index in [0.29, 0.717) is 18.6 Å². The van der Waals surface area contributed by atoms with Gasteiger partial charge in [-0.2, -0.15) is 0 Å². The average Bonchev–Trinajstić information content (AvgIpc) is 2.99. The monoisotopic (exact) mass is 350 g/mol. The summed E-state index contributed by atoms with van der Waals surface area (Å²) < 4.78 is 7.34. The van der Waals surface area contributed by atoms with Crippen LogP contribution < -0.4 is 5.32 Å². The van der Waals surface area contributed by atoms with E-state index in [0.717, 1.165) is 35.1 Å². The molecular weight excluding hydrogens is 328 g/mol. The van der Waals surface area contributed by atoms with Crippen molar-refractivity contribution in [3.05, 3.63) is 65.4 Å². The van der Waals surface area contributed by atoms with Crippen LogP contribution in [0.3, 0.4) is 0 Å². The van der Waals surface area contributed by atoms with Crippen LogP contribution in [0.5, 0.6) is 0 Å². The Hall–Kier alpha value is -3.08. The lowest BCUT2D eigenvalue weighted by molar-refractivity contribution is -0.105. The number of aryl methyl sites for hydroxylation is 1. The molecule has 1 heterocycles. The fourth-order valence-electron chi connectivity index (χ4n) is 3.19. The highest BCUT2D eigenvalue weighted by Crippen LogP contribution is 2.24. The molecule has 0 aliphatic rings. The van der Waals surface area contributed by atoms with Crippen LogP contribution in [0.4, 0.5) is 5.69 Å². The fraction of sp³-hybridized carbons (Fsp3) is 0.238. The molecule has 1 N–H and O–H groups in total. The van der Waals surface area contributed by atoms with Gasteiger partial charge in [0.1, 0.15) is 0 Å². The molecule has 0 saturated heterocycles. The lowest BCUT2D eigenvalue weighted by Gasteiger charge is -2.09. The van der Waals surface area contributed by atoms with E-state index in [1.807, 2.05) is 42.5 Å². The van der Waals surface area contributed by atoms with Crippen LogP contribution in [0.2, 0.25) is 0 Å². The molecule has 5 heteroatoms. The minimum atomic E-state index is -0.293. The first-order valence-electron chi connectivity index (χ1n) is 8.74. The van der Waals surface area contributed by atoms with Gasteiger partial charge in [0.05, 0.1) is 12.2 Å². The lowest BCUT2D eigenvalue weighted by atomic mass is 10.1. The zero-order chi connectivity index (χ0) is 18.5. The van der Waals surface area contributed by atoms with Crippen molar-refractivity contribution < 1.29 is 14.3 Å². The molecule has 0 atom stereocenters. The van der Waals surface area contributed by atoms with Crippen LogP contribution in [-0.2, 0) is 22.5 Å². The van der Waals surface area contributed by atoms with Crippen molar-refractivity contribution in [1.29, 1.82) is 0 Å². The number of nitrogens with zero attached hydrogens (tertiary/aromatic N) is 1. The summed E-state index contributed by atoms with van der Waals surface area (Å²) in [7, 11) is 0. The molecule has 26 heavy (non-hydrogen) atoms. The summed E-state index contributed by atoms with van der Waals surface area (Å²) in [6.07, 6.45) is 1.45. The Bertz CT molecular complexity index is 926. The van der Waals surface area contributed by atoms with Gasteiger partial charge in [-0.05, 0) is 55.8 Å². The summed E-state index contributed by atoms with van der Waals surface area (Å²) in [5.41, 5.74) is 4.79. The summed E-state index contributed by atoms with van der Waals surface area (Å²) in [5.74, 6) is -0.293. The highest BCUT2D eigenvalue weighted by atomic mass is 16.5. The largest absolute Gasteiger partial charge is 0.462 e. The number of hydrogen-bond donors (Lipinski definition) is 1. The number of ether oxygens (including phenoxy) is 1. The molecule has 3 aromatic rings. The van der Waals surface area contributed by atoms with E-state index in [2.05, 4.69) is 22.9 Å². The van der Waals surface area contributed by atoms with Gasteiger partial charge in [-0.25, -0.2) is 4.79 Å². The van der Waals surface area contributed by atoms with Crippen LogP contribution in [0.1, 0.15) is 35.5 Å². The molecule has 0 unspecified atom stereocenters. The predicted octanol–water partition coefficient (Wildman–Crippen LogP) is 4.00. The van der Waals surface area contributed by atoms with Gasteiger partial charge in [0.2, 0.25) is 6.41 Å². The van der Waals surface area contributed by atoms with Crippen molar-refractivity contribution >= 4 is 29.0 Å². The lowest BCUT2D eigenvalue weighted by Crippen LogP contribution is -2.04. The van der Waals surface area contributed by atoms with Gasteiger partial charge in [-0.3, -0.25) is 4.79 Å². The Kier molecular flexibility index (Phi) is 5.37. The second kappa shape index (κ2) is 7.87. The molecule has 0 saturated carbocycles. The molecule has 0 aliphatic carbocycles. The molecule has 1 amide bonds. The highest BCUT2D eigenvalue weighted by molar-refractivity contribution is 5.95. The van der Waals surface area contributed by atoms with Crippen molar-refractivity contribution in [2.45, 2.75) is 26.8 Å². The third-order valence-electron chi connectivity index (χ3n) is 4.38. The Morgan fingerprint density at radius 2 is 1.88 bits per heavy atom. The molecule has 2 aromatic carbocycles. The van der Waals surface area contributed by atoms with Gasteiger partial charge in [0.15, 0.2) is 0 Å². The molecule has 3 rings (SSSR count). The van der Waals surface area contributed by atoms with Gasteiger partial charge < -0.3 is 14.6 Å². The number of esters is 1. The number of nitrogens with one attached hydrogen (secondary N) is 1.